The van der Waals surface area contributed by atoms with E-state index in [0.29, 0.717) is 0 Å². The molecule has 0 bridgehead atoms. The second-order valence-electron chi connectivity index (χ2n) is 7.16. The molecule has 0 fully saturated rings. The smallest absolute Gasteiger partial charge is 0.419 e. The van der Waals surface area contributed by atoms with Gasteiger partial charge in [0.1, 0.15) is 12.4 Å². The van der Waals surface area contributed by atoms with Crippen LogP contribution in [-0.4, -0.2) is 34.6 Å². The van der Waals surface area contributed by atoms with E-state index < -0.39 is 26.0 Å². The number of hydrogen-bond acceptors (Lipinski definition) is 4. The number of methoxy groups -OCH3 is 1. The molecule has 0 N–H and O–H groups in total. The molecule has 0 aliphatic rings. The SMILES string of the molecule is COC(=O)c1ccc(OCCO[Si](C)(C)C(C)(C)C)c(C(F)(F)F)c1. The average Bonchev–Trinajstić information content (AvgIpc) is 2.48. The predicted octanol–water partition coefficient (Wildman–Crippen LogP) is 4.89. The quantitative estimate of drug-likeness (QED) is 0.402. The van der Waals surface area contributed by atoms with Gasteiger partial charge >= 0.3 is 12.1 Å². The molecular formula is C17H25F3O4Si. The third-order valence-corrected chi connectivity index (χ3v) is 8.85. The predicted molar refractivity (Wildman–Crippen MR) is 91.4 cm³/mol. The van der Waals surface area contributed by atoms with Gasteiger partial charge in [-0.25, -0.2) is 4.79 Å². The Morgan fingerprint density at radius 1 is 1.12 bits per heavy atom. The van der Waals surface area contributed by atoms with Crippen LogP contribution in [-0.2, 0) is 15.3 Å². The fourth-order valence-corrected chi connectivity index (χ4v) is 2.81. The van der Waals surface area contributed by atoms with Crippen molar-refractivity contribution >= 4 is 14.3 Å². The van der Waals surface area contributed by atoms with Gasteiger partial charge in [-0.05, 0) is 36.3 Å². The average molecular weight is 378 g/mol. The van der Waals surface area contributed by atoms with Crippen molar-refractivity contribution in [3.8, 4) is 5.75 Å². The summed E-state index contributed by atoms with van der Waals surface area (Å²) in [6, 6.07) is 3.10. The second kappa shape index (κ2) is 7.78. The van der Waals surface area contributed by atoms with Crippen LogP contribution in [0.3, 0.4) is 0 Å². The lowest BCUT2D eigenvalue weighted by Crippen LogP contribution is -2.41. The van der Waals surface area contributed by atoms with Gasteiger partial charge in [-0.15, -0.1) is 0 Å². The summed E-state index contributed by atoms with van der Waals surface area (Å²) in [5.41, 5.74) is -1.19. The van der Waals surface area contributed by atoms with E-state index >= 15 is 0 Å². The van der Waals surface area contributed by atoms with Crippen LogP contribution in [0.2, 0.25) is 18.1 Å². The molecule has 142 valence electrons. The van der Waals surface area contributed by atoms with Crippen LogP contribution in [0, 0.1) is 0 Å². The molecule has 0 spiro atoms. The molecule has 1 aromatic carbocycles. The molecule has 25 heavy (non-hydrogen) atoms. The van der Waals surface area contributed by atoms with Crippen LogP contribution in [0.5, 0.6) is 5.75 Å². The molecule has 0 saturated carbocycles. The minimum Gasteiger partial charge on any atom is -0.491 e. The Morgan fingerprint density at radius 2 is 1.72 bits per heavy atom. The maximum atomic E-state index is 13.2. The van der Waals surface area contributed by atoms with Gasteiger partial charge in [-0.3, -0.25) is 0 Å². The third kappa shape index (κ3) is 5.74. The fourth-order valence-electron chi connectivity index (χ4n) is 1.79. The highest BCUT2D eigenvalue weighted by Gasteiger charge is 2.37. The number of carbonyl (C=O) groups excluding carboxylic acids is 1. The van der Waals surface area contributed by atoms with Crippen LogP contribution in [0.15, 0.2) is 18.2 Å². The third-order valence-electron chi connectivity index (χ3n) is 4.32. The van der Waals surface area contributed by atoms with E-state index in [-0.39, 0.29) is 29.6 Å². The topological polar surface area (TPSA) is 44.8 Å². The van der Waals surface area contributed by atoms with Crippen molar-refractivity contribution in [1.82, 2.24) is 0 Å². The van der Waals surface area contributed by atoms with Crippen molar-refractivity contribution in [2.75, 3.05) is 20.3 Å². The molecule has 8 heteroatoms. The summed E-state index contributed by atoms with van der Waals surface area (Å²) in [6.07, 6.45) is -4.64. The lowest BCUT2D eigenvalue weighted by molar-refractivity contribution is -0.139. The summed E-state index contributed by atoms with van der Waals surface area (Å²) in [4.78, 5) is 11.4. The van der Waals surface area contributed by atoms with Crippen LogP contribution in [0.25, 0.3) is 0 Å². The molecule has 4 nitrogen and oxygen atoms in total. The van der Waals surface area contributed by atoms with E-state index in [1.54, 1.807) is 0 Å². The van der Waals surface area contributed by atoms with E-state index in [4.69, 9.17) is 9.16 Å². The van der Waals surface area contributed by atoms with Crippen molar-refractivity contribution < 1.29 is 31.9 Å². The Bertz CT molecular complexity index is 607. The van der Waals surface area contributed by atoms with Gasteiger partial charge in [-0.1, -0.05) is 20.8 Å². The molecule has 0 atom stereocenters. The monoisotopic (exact) mass is 378 g/mol. The summed E-state index contributed by atoms with van der Waals surface area (Å²) >= 11 is 0. The Hall–Kier alpha value is -1.54. The van der Waals surface area contributed by atoms with Crippen molar-refractivity contribution in [2.45, 2.75) is 45.1 Å². The van der Waals surface area contributed by atoms with Gasteiger partial charge in [0.25, 0.3) is 0 Å². The molecule has 0 aliphatic carbocycles. The Kier molecular flexibility index (Phi) is 6.69. The summed E-state index contributed by atoms with van der Waals surface area (Å²) in [5, 5.41) is 0.00624. The molecule has 0 aliphatic heterocycles. The molecule has 1 rings (SSSR count). The van der Waals surface area contributed by atoms with Crippen molar-refractivity contribution in [3.05, 3.63) is 29.3 Å². The number of esters is 1. The largest absolute Gasteiger partial charge is 0.491 e. The van der Waals surface area contributed by atoms with Gasteiger partial charge in [0.15, 0.2) is 8.32 Å². The molecule has 0 aromatic heterocycles. The van der Waals surface area contributed by atoms with Crippen LogP contribution < -0.4 is 4.74 Å². The van der Waals surface area contributed by atoms with Crippen LogP contribution in [0.4, 0.5) is 13.2 Å². The number of hydrogen-bond donors (Lipinski definition) is 0. The first-order chi connectivity index (χ1) is 11.3. The minimum absolute atomic E-state index is 0.00624. The summed E-state index contributed by atoms with van der Waals surface area (Å²) in [6.45, 7) is 10.5. The van der Waals surface area contributed by atoms with Gasteiger partial charge in [0.05, 0.1) is 24.8 Å². The molecule has 0 radical (unpaired) electrons. The van der Waals surface area contributed by atoms with E-state index in [9.17, 15) is 18.0 Å². The van der Waals surface area contributed by atoms with E-state index in [1.165, 1.54) is 6.07 Å². The highest BCUT2D eigenvalue weighted by atomic mass is 28.4. The molecule has 0 saturated heterocycles. The zero-order chi connectivity index (χ0) is 19.5. The van der Waals surface area contributed by atoms with Crippen LogP contribution in [0.1, 0.15) is 36.7 Å². The van der Waals surface area contributed by atoms with E-state index in [1.807, 2.05) is 0 Å². The highest BCUT2D eigenvalue weighted by molar-refractivity contribution is 6.74. The maximum Gasteiger partial charge on any atom is 0.419 e. The first-order valence-corrected chi connectivity index (χ1v) is 10.8. The second-order valence-corrected chi connectivity index (χ2v) is 12.0. The first-order valence-electron chi connectivity index (χ1n) is 7.86. The zero-order valence-corrected chi connectivity index (χ0v) is 16.4. The molecule has 0 unspecified atom stereocenters. The molecule has 1 aromatic rings. The lowest BCUT2D eigenvalue weighted by Gasteiger charge is -2.36. The Balaban J connectivity index is 2.84. The van der Waals surface area contributed by atoms with Crippen LogP contribution >= 0.6 is 0 Å². The van der Waals surface area contributed by atoms with Crippen molar-refractivity contribution in [3.63, 3.8) is 0 Å². The normalized spacial score (nSPS) is 12.8. The first kappa shape index (κ1) is 21.5. The maximum absolute atomic E-state index is 13.2. The summed E-state index contributed by atoms with van der Waals surface area (Å²) < 4.78 is 55.2. The minimum atomic E-state index is -4.64. The number of benzene rings is 1. The zero-order valence-electron chi connectivity index (χ0n) is 15.4. The Morgan fingerprint density at radius 3 is 2.20 bits per heavy atom. The fraction of sp³-hybridized carbons (Fsp3) is 0.588. The molecular weight excluding hydrogens is 353 g/mol. The molecule has 0 amide bonds. The summed E-state index contributed by atoms with van der Waals surface area (Å²) in [7, 11) is -0.876. The number of halogens is 3. The van der Waals surface area contributed by atoms with Crippen molar-refractivity contribution in [2.24, 2.45) is 0 Å². The van der Waals surface area contributed by atoms with E-state index in [0.717, 1.165) is 19.2 Å². The number of alkyl halides is 3. The van der Waals surface area contributed by atoms with Gasteiger partial charge in [0, 0.05) is 0 Å². The van der Waals surface area contributed by atoms with Gasteiger partial charge in [0.2, 0.25) is 0 Å². The Labute approximate surface area is 147 Å². The van der Waals surface area contributed by atoms with E-state index in [2.05, 4.69) is 38.6 Å². The lowest BCUT2D eigenvalue weighted by atomic mass is 10.1. The summed E-state index contributed by atoms with van der Waals surface area (Å²) in [5.74, 6) is -1.17. The molecule has 0 heterocycles. The number of ether oxygens (including phenoxy) is 2. The van der Waals surface area contributed by atoms with Gasteiger partial charge in [-0.2, -0.15) is 13.2 Å². The van der Waals surface area contributed by atoms with Gasteiger partial charge < -0.3 is 13.9 Å². The number of rotatable bonds is 6. The highest BCUT2D eigenvalue weighted by Crippen LogP contribution is 2.38. The number of carbonyl (C=O) groups is 1. The standard InChI is InChI=1S/C17H25F3O4Si/c1-16(2,3)25(5,6)24-10-9-23-14-8-7-12(15(21)22-4)11-13(14)17(18,19)20/h7-8,11H,9-10H2,1-6H3. The van der Waals surface area contributed by atoms with Crippen molar-refractivity contribution in [1.29, 1.82) is 0 Å².